The van der Waals surface area contributed by atoms with E-state index in [4.69, 9.17) is 9.47 Å². The van der Waals surface area contributed by atoms with Gasteiger partial charge in [0.2, 0.25) is 5.91 Å². The van der Waals surface area contributed by atoms with Crippen molar-refractivity contribution in [2.45, 2.75) is 26.7 Å². The van der Waals surface area contributed by atoms with E-state index in [1.807, 2.05) is 31.3 Å². The minimum atomic E-state index is -0.523. The molecule has 0 atom stereocenters. The summed E-state index contributed by atoms with van der Waals surface area (Å²) in [6, 6.07) is 12.4. The van der Waals surface area contributed by atoms with Crippen LogP contribution in [-0.2, 0) is 9.53 Å². The number of ether oxygens (including phenoxy) is 2. The number of benzene rings is 2. The van der Waals surface area contributed by atoms with Gasteiger partial charge in [0.25, 0.3) is 0 Å². The summed E-state index contributed by atoms with van der Waals surface area (Å²) >= 11 is 0. The summed E-state index contributed by atoms with van der Waals surface area (Å²) in [6.45, 7) is 3.94. The number of methoxy groups -OCH3 is 2. The van der Waals surface area contributed by atoms with Crippen LogP contribution in [0.1, 0.15) is 42.6 Å². The summed E-state index contributed by atoms with van der Waals surface area (Å²) in [5, 5.41) is 9.10. The van der Waals surface area contributed by atoms with Gasteiger partial charge in [0.15, 0.2) is 5.82 Å². The lowest BCUT2D eigenvalue weighted by Crippen LogP contribution is -2.21. The van der Waals surface area contributed by atoms with E-state index in [2.05, 4.69) is 22.3 Å². The quantitative estimate of drug-likeness (QED) is 0.342. The van der Waals surface area contributed by atoms with Gasteiger partial charge in [-0.05, 0) is 49.2 Å². The molecule has 0 unspecified atom stereocenters. The number of hydrogen-bond donors (Lipinski definition) is 1. The Kier molecular flexibility index (Phi) is 8.34. The van der Waals surface area contributed by atoms with Gasteiger partial charge in [0, 0.05) is 24.1 Å². The molecule has 1 heterocycles. The van der Waals surface area contributed by atoms with E-state index >= 15 is 0 Å². The van der Waals surface area contributed by atoms with Crippen LogP contribution in [0.3, 0.4) is 0 Å². The van der Waals surface area contributed by atoms with E-state index in [0.717, 1.165) is 35.4 Å². The minimum Gasteiger partial charge on any atom is -0.497 e. The molecule has 34 heavy (non-hydrogen) atoms. The summed E-state index contributed by atoms with van der Waals surface area (Å²) < 4.78 is 10.1. The third-order valence-corrected chi connectivity index (χ3v) is 5.03. The zero-order chi connectivity index (χ0) is 24.5. The van der Waals surface area contributed by atoms with Crippen LogP contribution in [-0.4, -0.2) is 38.5 Å². The van der Waals surface area contributed by atoms with Gasteiger partial charge in [-0.25, -0.2) is 14.8 Å². The number of nitrogens with zero attached hydrogens (tertiary/aromatic N) is 3. The number of esters is 1. The van der Waals surface area contributed by atoms with E-state index in [0.29, 0.717) is 11.5 Å². The number of fused-ring (bicyclic) bond motifs is 1. The maximum absolute atomic E-state index is 12.6. The Morgan fingerprint density at radius 1 is 1.15 bits per heavy atom. The Morgan fingerprint density at radius 2 is 1.94 bits per heavy atom. The van der Waals surface area contributed by atoms with Crippen LogP contribution in [0.4, 0.5) is 11.4 Å². The lowest BCUT2D eigenvalue weighted by atomic mass is 10.1. The molecule has 0 bridgehead atoms. The van der Waals surface area contributed by atoms with E-state index < -0.39 is 5.97 Å². The number of hydrogen-bond acceptors (Lipinski definition) is 7. The van der Waals surface area contributed by atoms with Gasteiger partial charge in [-0.15, -0.1) is 0 Å². The van der Waals surface area contributed by atoms with Crippen molar-refractivity contribution < 1.29 is 19.1 Å². The highest BCUT2D eigenvalue weighted by Gasteiger charge is 2.20. The first-order valence-electron chi connectivity index (χ1n) is 10.9. The lowest BCUT2D eigenvalue weighted by molar-refractivity contribution is -0.111. The number of rotatable bonds is 8. The van der Waals surface area contributed by atoms with Gasteiger partial charge >= 0.3 is 5.97 Å². The molecule has 3 rings (SSSR count). The third kappa shape index (κ3) is 5.78. The van der Waals surface area contributed by atoms with Crippen LogP contribution in [0.2, 0.25) is 0 Å². The number of allylic oxidation sites excluding steroid dienone is 2. The summed E-state index contributed by atoms with van der Waals surface area (Å²) in [5.74, 6) is 0.424. The van der Waals surface area contributed by atoms with E-state index in [1.54, 1.807) is 48.7 Å². The molecule has 1 amide bonds. The monoisotopic (exact) mass is 460 g/mol. The van der Waals surface area contributed by atoms with Crippen molar-refractivity contribution in [3.8, 4) is 5.75 Å². The fraction of sp³-hybridized carbons (Fsp3) is 0.231. The molecular formula is C26H28N4O4. The van der Waals surface area contributed by atoms with Crippen LogP contribution in [0.15, 0.2) is 76.1 Å². The van der Waals surface area contributed by atoms with Crippen LogP contribution >= 0.6 is 0 Å². The second-order valence-corrected chi connectivity index (χ2v) is 7.45. The van der Waals surface area contributed by atoms with Crippen LogP contribution in [0.25, 0.3) is 0 Å². The number of hydrazone groups is 1. The zero-order valence-electron chi connectivity index (χ0n) is 19.7. The molecule has 0 aromatic heterocycles. The summed E-state index contributed by atoms with van der Waals surface area (Å²) in [7, 11) is 2.91. The lowest BCUT2D eigenvalue weighted by Gasteiger charge is -2.26. The number of unbranched alkanes of at least 4 members (excludes halogenated alkanes) is 1. The molecule has 0 radical (unpaired) electrons. The summed E-state index contributed by atoms with van der Waals surface area (Å²) in [4.78, 5) is 29.1. The largest absolute Gasteiger partial charge is 0.497 e. The number of carbonyl (C=O) groups is 2. The standard InChI is InChI=1S/C26H28N4O4/c1-5-6-15-28-30-23-13-12-20(33-3)16-19(23)17-27-25(30)18(2)11-14-24(31)29-22-10-8-7-9-21(22)26(32)34-4/h7-17H,5-6H2,1-4H3,(H,29,31)/b14-11+,25-18+,28-15+. The Morgan fingerprint density at radius 3 is 2.68 bits per heavy atom. The van der Waals surface area contributed by atoms with Crippen LogP contribution < -0.4 is 15.1 Å². The second kappa shape index (κ2) is 11.6. The van der Waals surface area contributed by atoms with Gasteiger partial charge < -0.3 is 14.8 Å². The summed E-state index contributed by atoms with van der Waals surface area (Å²) in [5.41, 5.74) is 3.14. The Hall–Kier alpha value is -4.20. The van der Waals surface area contributed by atoms with Gasteiger partial charge in [-0.3, -0.25) is 4.79 Å². The molecule has 0 fully saturated rings. The molecule has 1 aliphatic rings. The average molecular weight is 461 g/mol. The average Bonchev–Trinajstić information content (AvgIpc) is 2.86. The fourth-order valence-corrected chi connectivity index (χ4v) is 3.24. The van der Waals surface area contributed by atoms with Crippen molar-refractivity contribution in [1.82, 2.24) is 0 Å². The predicted octanol–water partition coefficient (Wildman–Crippen LogP) is 4.93. The summed E-state index contributed by atoms with van der Waals surface area (Å²) in [6.07, 6.45) is 8.46. The highest BCUT2D eigenvalue weighted by molar-refractivity contribution is 6.05. The van der Waals surface area contributed by atoms with E-state index in [9.17, 15) is 9.59 Å². The molecule has 176 valence electrons. The minimum absolute atomic E-state index is 0.280. The van der Waals surface area contributed by atoms with Crippen LogP contribution in [0.5, 0.6) is 5.75 Å². The topological polar surface area (TPSA) is 92.6 Å². The number of nitrogens with one attached hydrogen (secondary N) is 1. The van der Waals surface area contributed by atoms with Crippen molar-refractivity contribution in [1.29, 1.82) is 0 Å². The maximum atomic E-state index is 12.6. The van der Waals surface area contributed by atoms with E-state index in [-0.39, 0.29) is 11.5 Å². The smallest absolute Gasteiger partial charge is 0.339 e. The van der Waals surface area contributed by atoms with Gasteiger partial charge in [0.1, 0.15) is 5.75 Å². The van der Waals surface area contributed by atoms with Crippen molar-refractivity contribution in [2.75, 3.05) is 24.5 Å². The molecule has 0 saturated carbocycles. The molecule has 0 aliphatic carbocycles. The first-order chi connectivity index (χ1) is 16.5. The number of para-hydroxylation sites is 1. The fourth-order valence-electron chi connectivity index (χ4n) is 3.24. The Labute approximate surface area is 199 Å². The molecule has 1 N–H and O–H groups in total. The van der Waals surface area contributed by atoms with Crippen molar-refractivity contribution in [3.05, 3.63) is 77.1 Å². The molecule has 8 heteroatoms. The number of aliphatic imine (C=N–C) groups is 1. The number of carbonyl (C=O) groups excluding carboxylic acids is 2. The number of anilines is 2. The zero-order valence-corrected chi connectivity index (χ0v) is 19.7. The van der Waals surface area contributed by atoms with Gasteiger partial charge in [0.05, 0.1) is 31.2 Å². The maximum Gasteiger partial charge on any atom is 0.339 e. The first kappa shape index (κ1) is 24.4. The van der Waals surface area contributed by atoms with Gasteiger partial charge in [-0.2, -0.15) is 5.10 Å². The molecule has 2 aromatic carbocycles. The Balaban J connectivity index is 1.87. The molecule has 8 nitrogen and oxygen atoms in total. The van der Waals surface area contributed by atoms with Crippen molar-refractivity contribution in [2.24, 2.45) is 10.1 Å². The number of amides is 1. The normalized spacial score (nSPS) is 14.3. The molecule has 0 saturated heterocycles. The molecule has 0 spiro atoms. The SMILES string of the molecule is CCC/C=N/N1/C(=C(C)/C=C/C(=O)Nc2ccccc2C(=O)OC)N=Cc2cc(OC)ccc21. The second-order valence-electron chi connectivity index (χ2n) is 7.45. The first-order valence-corrected chi connectivity index (χ1v) is 10.9. The predicted molar refractivity (Wildman–Crippen MR) is 135 cm³/mol. The molecular weight excluding hydrogens is 432 g/mol. The van der Waals surface area contributed by atoms with Crippen molar-refractivity contribution in [3.63, 3.8) is 0 Å². The van der Waals surface area contributed by atoms with Crippen LogP contribution in [0, 0.1) is 0 Å². The third-order valence-electron chi connectivity index (χ3n) is 5.03. The van der Waals surface area contributed by atoms with Gasteiger partial charge in [-0.1, -0.05) is 31.6 Å². The highest BCUT2D eigenvalue weighted by atomic mass is 16.5. The molecule has 1 aliphatic heterocycles. The highest BCUT2D eigenvalue weighted by Crippen LogP contribution is 2.32. The Bertz CT molecular complexity index is 1180. The molecule has 2 aromatic rings. The van der Waals surface area contributed by atoms with Crippen molar-refractivity contribution >= 4 is 35.7 Å². The van der Waals surface area contributed by atoms with E-state index in [1.165, 1.54) is 13.2 Å².